The molecule has 0 saturated carbocycles. The quantitative estimate of drug-likeness (QED) is 0.545. The molecule has 0 unspecified atom stereocenters. The first-order valence-corrected chi connectivity index (χ1v) is 6.86. The molecule has 4 heteroatoms. The Kier molecular flexibility index (Phi) is 3.62. The number of esters is 1. The molecule has 0 saturated heterocycles. The molecule has 0 amide bonds. The number of methoxy groups -OCH3 is 1. The van der Waals surface area contributed by atoms with Gasteiger partial charge in [-0.3, -0.25) is 0 Å². The van der Waals surface area contributed by atoms with Crippen molar-refractivity contribution >= 4 is 27.8 Å². The smallest absolute Gasteiger partial charge is 0.340 e. The summed E-state index contributed by atoms with van der Waals surface area (Å²) in [6.45, 7) is 0.659. The summed E-state index contributed by atoms with van der Waals surface area (Å²) in [6.07, 6.45) is 0. The van der Waals surface area contributed by atoms with E-state index in [2.05, 4.69) is 12.1 Å². The summed E-state index contributed by atoms with van der Waals surface area (Å²) in [6, 6.07) is 13.8. The van der Waals surface area contributed by atoms with Gasteiger partial charge in [-0.15, -0.1) is 0 Å². The largest absolute Gasteiger partial charge is 0.460 e. The maximum atomic E-state index is 12.3. The summed E-state index contributed by atoms with van der Waals surface area (Å²) < 4.78 is 12.2. The molecule has 1 aromatic heterocycles. The number of rotatable bonds is 4. The van der Waals surface area contributed by atoms with Crippen molar-refractivity contribution in [2.75, 3.05) is 20.3 Å². The minimum atomic E-state index is -0.316. The second-order valence-electron chi connectivity index (χ2n) is 4.91. The molecule has 3 aromatic rings. The number of fused-ring (bicyclic) bond motifs is 3. The normalized spacial score (nSPS) is 11.1. The van der Waals surface area contributed by atoms with E-state index in [1.54, 1.807) is 13.2 Å². The predicted molar refractivity (Wildman–Crippen MR) is 82.6 cm³/mol. The van der Waals surface area contributed by atoms with Crippen molar-refractivity contribution in [3.8, 4) is 0 Å². The lowest BCUT2D eigenvalue weighted by atomic mass is 10.1. The highest BCUT2D eigenvalue weighted by Gasteiger charge is 2.16. The molecule has 0 aliphatic heterocycles. The van der Waals surface area contributed by atoms with Gasteiger partial charge in [0.25, 0.3) is 0 Å². The maximum absolute atomic E-state index is 12.3. The minimum absolute atomic E-state index is 0.260. The molecular formula is C17H17NO3. The molecule has 108 valence electrons. The first kappa shape index (κ1) is 13.6. The minimum Gasteiger partial charge on any atom is -0.460 e. The molecule has 2 aromatic carbocycles. The van der Waals surface area contributed by atoms with E-state index in [-0.39, 0.29) is 12.6 Å². The van der Waals surface area contributed by atoms with Gasteiger partial charge in [-0.05, 0) is 12.1 Å². The van der Waals surface area contributed by atoms with E-state index < -0.39 is 0 Å². The third-order valence-electron chi connectivity index (χ3n) is 3.67. The van der Waals surface area contributed by atoms with Gasteiger partial charge in [0.2, 0.25) is 0 Å². The Morgan fingerprint density at radius 3 is 2.62 bits per heavy atom. The van der Waals surface area contributed by atoms with E-state index in [4.69, 9.17) is 9.47 Å². The van der Waals surface area contributed by atoms with Crippen LogP contribution in [0.4, 0.5) is 0 Å². The van der Waals surface area contributed by atoms with Gasteiger partial charge < -0.3 is 14.0 Å². The van der Waals surface area contributed by atoms with Crippen LogP contribution >= 0.6 is 0 Å². The Hall–Kier alpha value is -2.33. The second-order valence-corrected chi connectivity index (χ2v) is 4.91. The summed E-state index contributed by atoms with van der Waals surface area (Å²) in [7, 11) is 3.55. The molecule has 4 nitrogen and oxygen atoms in total. The molecule has 0 N–H and O–H groups in total. The fraction of sp³-hybridized carbons (Fsp3) is 0.235. The fourth-order valence-corrected chi connectivity index (χ4v) is 2.70. The summed E-state index contributed by atoms with van der Waals surface area (Å²) in [5, 5.41) is 2.20. The summed E-state index contributed by atoms with van der Waals surface area (Å²) in [4.78, 5) is 12.3. The van der Waals surface area contributed by atoms with Gasteiger partial charge in [0.05, 0.1) is 17.7 Å². The van der Waals surface area contributed by atoms with Gasteiger partial charge in [0.1, 0.15) is 6.61 Å². The van der Waals surface area contributed by atoms with Gasteiger partial charge in [0.15, 0.2) is 0 Å². The van der Waals surface area contributed by atoms with Crippen LogP contribution < -0.4 is 0 Å². The van der Waals surface area contributed by atoms with Crippen LogP contribution in [0.25, 0.3) is 21.8 Å². The van der Waals surface area contributed by atoms with Crippen LogP contribution in [-0.4, -0.2) is 30.9 Å². The van der Waals surface area contributed by atoms with Crippen molar-refractivity contribution in [2.24, 2.45) is 7.05 Å². The Morgan fingerprint density at radius 2 is 1.81 bits per heavy atom. The van der Waals surface area contributed by atoms with Gasteiger partial charge in [0, 0.05) is 30.4 Å². The maximum Gasteiger partial charge on any atom is 0.340 e. The third-order valence-corrected chi connectivity index (χ3v) is 3.67. The Labute approximate surface area is 122 Å². The zero-order valence-corrected chi connectivity index (χ0v) is 12.1. The monoisotopic (exact) mass is 283 g/mol. The number of aryl methyl sites for hydroxylation is 1. The Bertz CT molecular complexity index is 804. The van der Waals surface area contributed by atoms with Gasteiger partial charge >= 0.3 is 5.97 Å². The van der Waals surface area contributed by atoms with Crippen LogP contribution in [0.2, 0.25) is 0 Å². The first-order chi connectivity index (χ1) is 10.2. The average Bonchev–Trinajstić information content (AvgIpc) is 2.81. The van der Waals surface area contributed by atoms with Crippen LogP contribution in [0, 0.1) is 0 Å². The highest BCUT2D eigenvalue weighted by Crippen LogP contribution is 2.30. The van der Waals surface area contributed by atoms with E-state index in [1.807, 2.05) is 35.9 Å². The number of nitrogens with zero attached hydrogens (tertiary/aromatic N) is 1. The number of para-hydroxylation sites is 2. The lowest BCUT2D eigenvalue weighted by Gasteiger charge is -2.07. The number of benzene rings is 2. The third kappa shape index (κ3) is 2.28. The van der Waals surface area contributed by atoms with E-state index in [0.29, 0.717) is 12.2 Å². The van der Waals surface area contributed by atoms with E-state index in [0.717, 1.165) is 21.8 Å². The van der Waals surface area contributed by atoms with Crippen molar-refractivity contribution in [1.29, 1.82) is 0 Å². The van der Waals surface area contributed by atoms with Crippen LogP contribution in [-0.2, 0) is 16.5 Å². The Balaban J connectivity index is 2.13. The molecular weight excluding hydrogens is 266 g/mol. The lowest BCUT2D eigenvalue weighted by molar-refractivity contribution is 0.0390. The fourth-order valence-electron chi connectivity index (χ4n) is 2.70. The molecule has 0 aliphatic rings. The zero-order chi connectivity index (χ0) is 14.8. The topological polar surface area (TPSA) is 40.5 Å². The van der Waals surface area contributed by atoms with Crippen LogP contribution in [0.3, 0.4) is 0 Å². The van der Waals surface area contributed by atoms with E-state index >= 15 is 0 Å². The molecule has 0 bridgehead atoms. The number of carbonyl (C=O) groups is 1. The van der Waals surface area contributed by atoms with Gasteiger partial charge in [-0.2, -0.15) is 0 Å². The van der Waals surface area contributed by atoms with Gasteiger partial charge in [-0.25, -0.2) is 4.79 Å². The molecule has 0 radical (unpaired) electrons. The first-order valence-electron chi connectivity index (χ1n) is 6.86. The summed E-state index contributed by atoms with van der Waals surface area (Å²) >= 11 is 0. The molecule has 1 heterocycles. The molecule has 3 rings (SSSR count). The number of ether oxygens (including phenoxy) is 2. The summed E-state index contributed by atoms with van der Waals surface area (Å²) in [5.74, 6) is -0.316. The molecule has 21 heavy (non-hydrogen) atoms. The van der Waals surface area contributed by atoms with Crippen LogP contribution in [0.1, 0.15) is 10.4 Å². The number of hydrogen-bond acceptors (Lipinski definition) is 3. The van der Waals surface area contributed by atoms with Crippen molar-refractivity contribution in [3.63, 3.8) is 0 Å². The lowest BCUT2D eigenvalue weighted by Crippen LogP contribution is -2.11. The summed E-state index contributed by atoms with van der Waals surface area (Å²) in [5.41, 5.74) is 2.59. The molecule has 0 aliphatic carbocycles. The number of carbonyl (C=O) groups excluding carboxylic acids is 1. The second kappa shape index (κ2) is 5.58. The molecule has 0 spiro atoms. The van der Waals surface area contributed by atoms with Crippen LogP contribution in [0.5, 0.6) is 0 Å². The molecule has 0 fully saturated rings. The van der Waals surface area contributed by atoms with Crippen LogP contribution in [0.15, 0.2) is 42.5 Å². The van der Waals surface area contributed by atoms with Crippen molar-refractivity contribution in [2.45, 2.75) is 0 Å². The van der Waals surface area contributed by atoms with Crippen molar-refractivity contribution in [3.05, 3.63) is 48.0 Å². The van der Waals surface area contributed by atoms with Crippen molar-refractivity contribution < 1.29 is 14.3 Å². The standard InChI is InChI=1S/C17H17NO3/c1-18-15-9-4-3-6-12(15)13-7-5-8-14(16(13)18)17(19)21-11-10-20-2/h3-9H,10-11H2,1-2H3. The molecule has 0 atom stereocenters. The number of aromatic nitrogens is 1. The van der Waals surface area contributed by atoms with E-state index in [1.165, 1.54) is 0 Å². The van der Waals surface area contributed by atoms with E-state index in [9.17, 15) is 4.79 Å². The predicted octanol–water partition coefficient (Wildman–Crippen LogP) is 3.13. The average molecular weight is 283 g/mol. The van der Waals surface area contributed by atoms with Crippen molar-refractivity contribution in [1.82, 2.24) is 4.57 Å². The SMILES string of the molecule is COCCOC(=O)c1cccc2c3ccccc3n(C)c12. The highest BCUT2D eigenvalue weighted by molar-refractivity contribution is 6.14. The Morgan fingerprint density at radius 1 is 1.05 bits per heavy atom. The number of hydrogen-bond donors (Lipinski definition) is 0. The highest BCUT2D eigenvalue weighted by atomic mass is 16.6. The zero-order valence-electron chi connectivity index (χ0n) is 12.1. The van der Waals surface area contributed by atoms with Gasteiger partial charge in [-0.1, -0.05) is 30.3 Å².